The quantitative estimate of drug-likeness (QED) is 0.776. The number of methoxy groups -OCH3 is 2. The Morgan fingerprint density at radius 2 is 1.80 bits per heavy atom. The molecule has 2 aromatic rings. The van der Waals surface area contributed by atoms with E-state index in [9.17, 15) is 4.79 Å². The highest BCUT2D eigenvalue weighted by Crippen LogP contribution is 2.28. The largest absolute Gasteiger partial charge is 0.493 e. The van der Waals surface area contributed by atoms with Gasteiger partial charge in [0.1, 0.15) is 0 Å². The molecule has 0 radical (unpaired) electrons. The van der Waals surface area contributed by atoms with Gasteiger partial charge in [0.2, 0.25) is 0 Å². The maximum Gasteiger partial charge on any atom is 0.319 e. The van der Waals surface area contributed by atoms with Gasteiger partial charge >= 0.3 is 6.03 Å². The van der Waals surface area contributed by atoms with Crippen molar-refractivity contribution in [3.8, 4) is 11.5 Å². The van der Waals surface area contributed by atoms with Gasteiger partial charge in [-0.1, -0.05) is 38.1 Å². The molecule has 0 saturated carbocycles. The van der Waals surface area contributed by atoms with Crippen LogP contribution in [0, 0.1) is 0 Å². The molecule has 2 rings (SSSR count). The van der Waals surface area contributed by atoms with Crippen molar-refractivity contribution in [3.05, 3.63) is 53.6 Å². The van der Waals surface area contributed by atoms with Gasteiger partial charge in [-0.15, -0.1) is 0 Å². The maximum absolute atomic E-state index is 12.2. The van der Waals surface area contributed by atoms with Crippen molar-refractivity contribution >= 4 is 11.7 Å². The molecular weight excluding hydrogens is 316 g/mol. The minimum atomic E-state index is -0.231. The van der Waals surface area contributed by atoms with Crippen molar-refractivity contribution in [2.45, 2.75) is 32.7 Å². The van der Waals surface area contributed by atoms with Crippen molar-refractivity contribution in [2.24, 2.45) is 0 Å². The number of anilines is 1. The topological polar surface area (TPSA) is 59.6 Å². The maximum atomic E-state index is 12.2. The number of carbonyl (C=O) groups is 1. The fourth-order valence-corrected chi connectivity index (χ4v) is 2.60. The van der Waals surface area contributed by atoms with E-state index in [2.05, 4.69) is 30.5 Å². The SMILES string of the molecule is CCC(C)c1ccccc1NC(=O)NCc1ccc(OC)c(OC)c1. The first-order valence-corrected chi connectivity index (χ1v) is 8.43. The number of carbonyl (C=O) groups excluding carboxylic acids is 1. The van der Waals surface area contributed by atoms with Crippen LogP contribution >= 0.6 is 0 Å². The highest BCUT2D eigenvalue weighted by atomic mass is 16.5. The van der Waals surface area contributed by atoms with Gasteiger partial charge in [0.25, 0.3) is 0 Å². The Balaban J connectivity index is 2.00. The Labute approximate surface area is 149 Å². The molecule has 5 heteroatoms. The number of urea groups is 1. The number of rotatable bonds is 7. The molecule has 0 aliphatic heterocycles. The van der Waals surface area contributed by atoms with Crippen LogP contribution in [-0.2, 0) is 6.54 Å². The van der Waals surface area contributed by atoms with Gasteiger partial charge in [-0.3, -0.25) is 0 Å². The molecule has 2 aromatic carbocycles. The van der Waals surface area contributed by atoms with Crippen LogP contribution in [0.4, 0.5) is 10.5 Å². The van der Waals surface area contributed by atoms with E-state index in [4.69, 9.17) is 9.47 Å². The number of hydrogen-bond donors (Lipinski definition) is 2. The average molecular weight is 342 g/mol. The number of benzene rings is 2. The minimum absolute atomic E-state index is 0.231. The molecule has 0 spiro atoms. The molecule has 0 saturated heterocycles. The number of para-hydroxylation sites is 1. The van der Waals surface area contributed by atoms with E-state index in [1.54, 1.807) is 14.2 Å². The van der Waals surface area contributed by atoms with E-state index >= 15 is 0 Å². The van der Waals surface area contributed by atoms with E-state index in [0.717, 1.165) is 23.2 Å². The Kier molecular flexibility index (Phi) is 6.69. The van der Waals surface area contributed by atoms with Crippen LogP contribution < -0.4 is 20.1 Å². The summed E-state index contributed by atoms with van der Waals surface area (Å²) in [5.74, 6) is 1.70. The van der Waals surface area contributed by atoms with E-state index in [1.807, 2.05) is 36.4 Å². The molecule has 2 amide bonds. The first-order valence-electron chi connectivity index (χ1n) is 8.43. The van der Waals surface area contributed by atoms with Crippen LogP contribution in [0.25, 0.3) is 0 Å². The van der Waals surface area contributed by atoms with E-state index in [-0.39, 0.29) is 6.03 Å². The Morgan fingerprint density at radius 1 is 1.08 bits per heavy atom. The van der Waals surface area contributed by atoms with Gasteiger partial charge in [-0.2, -0.15) is 0 Å². The zero-order valence-corrected chi connectivity index (χ0v) is 15.3. The Morgan fingerprint density at radius 3 is 2.48 bits per heavy atom. The predicted octanol–water partition coefficient (Wildman–Crippen LogP) is 4.54. The summed E-state index contributed by atoms with van der Waals surface area (Å²) < 4.78 is 10.5. The van der Waals surface area contributed by atoms with E-state index in [0.29, 0.717) is 24.0 Å². The van der Waals surface area contributed by atoms with Crippen molar-refractivity contribution in [3.63, 3.8) is 0 Å². The molecular formula is C20H26N2O3. The lowest BCUT2D eigenvalue weighted by Crippen LogP contribution is -2.28. The van der Waals surface area contributed by atoms with E-state index in [1.165, 1.54) is 0 Å². The third-order valence-corrected chi connectivity index (χ3v) is 4.25. The second-order valence-electron chi connectivity index (χ2n) is 5.89. The molecule has 0 aromatic heterocycles. The average Bonchev–Trinajstić information content (AvgIpc) is 2.65. The zero-order valence-electron chi connectivity index (χ0n) is 15.3. The fourth-order valence-electron chi connectivity index (χ4n) is 2.60. The Bertz CT molecular complexity index is 716. The smallest absolute Gasteiger partial charge is 0.319 e. The summed E-state index contributed by atoms with van der Waals surface area (Å²) in [5, 5.41) is 5.82. The van der Waals surface area contributed by atoms with Crippen LogP contribution in [0.5, 0.6) is 11.5 Å². The third kappa shape index (κ3) is 4.89. The van der Waals surface area contributed by atoms with Crippen molar-refractivity contribution in [2.75, 3.05) is 19.5 Å². The van der Waals surface area contributed by atoms with Crippen molar-refractivity contribution < 1.29 is 14.3 Å². The monoisotopic (exact) mass is 342 g/mol. The standard InChI is InChI=1S/C20H26N2O3/c1-5-14(2)16-8-6-7-9-17(16)22-20(23)21-13-15-10-11-18(24-3)19(12-15)25-4/h6-12,14H,5,13H2,1-4H3,(H2,21,22,23). The van der Waals surface area contributed by atoms with Crippen LogP contribution in [0.3, 0.4) is 0 Å². The van der Waals surface area contributed by atoms with Crippen molar-refractivity contribution in [1.82, 2.24) is 5.32 Å². The normalized spacial score (nSPS) is 11.5. The molecule has 1 unspecified atom stereocenters. The van der Waals surface area contributed by atoms with E-state index < -0.39 is 0 Å². The molecule has 0 aliphatic rings. The molecule has 2 N–H and O–H groups in total. The summed E-state index contributed by atoms with van der Waals surface area (Å²) in [6.45, 7) is 4.69. The molecule has 1 atom stereocenters. The van der Waals surface area contributed by atoms with Crippen LogP contribution in [0.15, 0.2) is 42.5 Å². The number of hydrogen-bond acceptors (Lipinski definition) is 3. The summed E-state index contributed by atoms with van der Waals surface area (Å²) in [6, 6.07) is 13.2. The summed E-state index contributed by atoms with van der Waals surface area (Å²) >= 11 is 0. The zero-order chi connectivity index (χ0) is 18.2. The highest BCUT2D eigenvalue weighted by molar-refractivity contribution is 5.90. The first-order chi connectivity index (χ1) is 12.1. The molecule has 0 heterocycles. The number of nitrogens with one attached hydrogen (secondary N) is 2. The molecule has 134 valence electrons. The first kappa shape index (κ1) is 18.6. The van der Waals surface area contributed by atoms with Crippen molar-refractivity contribution in [1.29, 1.82) is 0 Å². The summed E-state index contributed by atoms with van der Waals surface area (Å²) in [5.41, 5.74) is 2.93. The highest BCUT2D eigenvalue weighted by Gasteiger charge is 2.11. The van der Waals surface area contributed by atoms with Gasteiger partial charge in [0.05, 0.1) is 14.2 Å². The van der Waals surface area contributed by atoms with Crippen LogP contribution in [0.2, 0.25) is 0 Å². The molecule has 0 aliphatic carbocycles. The van der Waals surface area contributed by atoms with Gasteiger partial charge in [0, 0.05) is 12.2 Å². The van der Waals surface area contributed by atoms with Gasteiger partial charge in [-0.05, 0) is 41.7 Å². The number of ether oxygens (including phenoxy) is 2. The Hall–Kier alpha value is -2.69. The van der Waals surface area contributed by atoms with Gasteiger partial charge < -0.3 is 20.1 Å². The van der Waals surface area contributed by atoms with Gasteiger partial charge in [-0.25, -0.2) is 4.79 Å². The number of amides is 2. The van der Waals surface area contributed by atoms with Crippen LogP contribution in [-0.4, -0.2) is 20.3 Å². The molecule has 0 fully saturated rings. The summed E-state index contributed by atoms with van der Waals surface area (Å²) in [6.07, 6.45) is 1.02. The molecule has 25 heavy (non-hydrogen) atoms. The molecule has 0 bridgehead atoms. The fraction of sp³-hybridized carbons (Fsp3) is 0.350. The van der Waals surface area contributed by atoms with Crippen LogP contribution in [0.1, 0.15) is 37.3 Å². The van der Waals surface area contributed by atoms with Gasteiger partial charge in [0.15, 0.2) is 11.5 Å². The lowest BCUT2D eigenvalue weighted by atomic mass is 9.97. The lowest BCUT2D eigenvalue weighted by molar-refractivity contribution is 0.251. The summed E-state index contributed by atoms with van der Waals surface area (Å²) in [7, 11) is 3.19. The second-order valence-corrected chi connectivity index (χ2v) is 5.89. The third-order valence-electron chi connectivity index (χ3n) is 4.25. The molecule has 5 nitrogen and oxygen atoms in total. The minimum Gasteiger partial charge on any atom is -0.493 e. The second kappa shape index (κ2) is 8.97. The predicted molar refractivity (Wildman–Crippen MR) is 101 cm³/mol. The summed E-state index contributed by atoms with van der Waals surface area (Å²) in [4.78, 5) is 12.2. The lowest BCUT2D eigenvalue weighted by Gasteiger charge is -2.16.